The van der Waals surface area contributed by atoms with Crippen LogP contribution in [0.3, 0.4) is 0 Å². The van der Waals surface area contributed by atoms with Crippen LogP contribution in [0, 0.1) is 0 Å². The molecule has 1 heterocycles. The number of hydrogen-bond acceptors (Lipinski definition) is 6. The number of amides is 1. The molecule has 0 radical (unpaired) electrons. The maximum atomic E-state index is 12.4. The fourth-order valence-corrected chi connectivity index (χ4v) is 4.85. The number of nitrogens with one attached hydrogen (secondary N) is 1. The number of benzene rings is 2. The van der Waals surface area contributed by atoms with Gasteiger partial charge in [0.25, 0.3) is 0 Å². The first-order chi connectivity index (χ1) is 12.9. The lowest BCUT2D eigenvalue weighted by molar-refractivity contribution is -0.113. The van der Waals surface area contributed by atoms with Crippen molar-refractivity contribution in [2.75, 3.05) is 17.7 Å². The Morgan fingerprint density at radius 3 is 2.41 bits per heavy atom. The van der Waals surface area contributed by atoms with E-state index >= 15 is 0 Å². The van der Waals surface area contributed by atoms with Crippen LogP contribution in [-0.4, -0.2) is 32.7 Å². The topological polar surface area (TPSA) is 89.5 Å². The molecule has 27 heavy (non-hydrogen) atoms. The lowest BCUT2D eigenvalue weighted by atomic mass is 10.1. The Kier molecular flexibility index (Phi) is 5.57. The second kappa shape index (κ2) is 7.89. The van der Waals surface area contributed by atoms with Crippen molar-refractivity contribution in [2.45, 2.75) is 11.8 Å². The monoisotopic (exact) mass is 403 g/mol. The normalized spacial score (nSPS) is 11.3. The average Bonchev–Trinajstić information content (AvgIpc) is 2.99. The summed E-state index contributed by atoms with van der Waals surface area (Å²) < 4.78 is 30.6. The molecular formula is C19H17NO5S2. The van der Waals surface area contributed by atoms with E-state index in [1.165, 1.54) is 23.5 Å². The highest BCUT2D eigenvalue weighted by Gasteiger charge is 2.24. The van der Waals surface area contributed by atoms with Gasteiger partial charge in [0.1, 0.15) is 16.3 Å². The number of ether oxygens (including phenoxy) is 1. The predicted molar refractivity (Wildman–Crippen MR) is 105 cm³/mol. The van der Waals surface area contributed by atoms with E-state index in [9.17, 15) is 18.0 Å². The standard InChI is InChI=1S/C19H17NO5S2/c1-2-25-19(22)17-14-10-6-7-11-15(14)26-18(17)20-16(21)12-27(23,24)13-8-4-3-5-9-13/h3-11H,2,12H2,1H3,(H,20,21). The van der Waals surface area contributed by atoms with Crippen LogP contribution < -0.4 is 5.32 Å². The van der Waals surface area contributed by atoms with Crippen molar-refractivity contribution in [3.05, 3.63) is 60.2 Å². The van der Waals surface area contributed by atoms with Gasteiger partial charge in [-0.15, -0.1) is 11.3 Å². The molecule has 0 aliphatic rings. The Bertz CT molecular complexity index is 1090. The first-order valence-corrected chi connectivity index (χ1v) is 10.7. The number of thiophene rings is 1. The van der Waals surface area contributed by atoms with Crippen molar-refractivity contribution in [3.63, 3.8) is 0 Å². The third kappa shape index (κ3) is 4.17. The molecule has 1 N–H and O–H groups in total. The molecule has 8 heteroatoms. The first kappa shape index (κ1) is 19.1. The highest BCUT2D eigenvalue weighted by Crippen LogP contribution is 2.36. The molecule has 0 atom stereocenters. The highest BCUT2D eigenvalue weighted by molar-refractivity contribution is 7.92. The third-order valence-electron chi connectivity index (χ3n) is 3.75. The minimum atomic E-state index is -3.78. The number of anilines is 1. The Labute approximate surface area is 160 Å². The van der Waals surface area contributed by atoms with Crippen molar-refractivity contribution in [3.8, 4) is 0 Å². The van der Waals surface area contributed by atoms with Gasteiger partial charge in [0, 0.05) is 10.1 Å². The van der Waals surface area contributed by atoms with Gasteiger partial charge in [0.2, 0.25) is 5.91 Å². The Hall–Kier alpha value is -2.71. The molecule has 6 nitrogen and oxygen atoms in total. The molecule has 0 saturated heterocycles. The van der Waals surface area contributed by atoms with Crippen LogP contribution in [0.2, 0.25) is 0 Å². The van der Waals surface area contributed by atoms with E-state index in [4.69, 9.17) is 4.74 Å². The molecule has 0 spiro atoms. The summed E-state index contributed by atoms with van der Waals surface area (Å²) in [6.07, 6.45) is 0. The number of esters is 1. The summed E-state index contributed by atoms with van der Waals surface area (Å²) in [5, 5.41) is 3.50. The lowest BCUT2D eigenvalue weighted by Gasteiger charge is -2.07. The van der Waals surface area contributed by atoms with E-state index in [2.05, 4.69) is 5.32 Å². The molecule has 2 aromatic carbocycles. The second-order valence-corrected chi connectivity index (χ2v) is 8.68. The predicted octanol–water partition coefficient (Wildman–Crippen LogP) is 3.49. The van der Waals surface area contributed by atoms with E-state index < -0.39 is 27.5 Å². The summed E-state index contributed by atoms with van der Waals surface area (Å²) in [5.41, 5.74) is 0.239. The molecule has 0 aliphatic carbocycles. The first-order valence-electron chi connectivity index (χ1n) is 8.18. The molecule has 1 aromatic heterocycles. The minimum Gasteiger partial charge on any atom is -0.462 e. The number of rotatable bonds is 6. The summed E-state index contributed by atoms with van der Waals surface area (Å²) in [6, 6.07) is 14.9. The number of carbonyl (C=O) groups excluding carboxylic acids is 2. The average molecular weight is 403 g/mol. The molecule has 0 unspecified atom stereocenters. The summed E-state index contributed by atoms with van der Waals surface area (Å²) in [6.45, 7) is 1.88. The molecular weight excluding hydrogens is 386 g/mol. The van der Waals surface area contributed by atoms with Gasteiger partial charge in [0.05, 0.1) is 11.5 Å². The summed E-state index contributed by atoms with van der Waals surface area (Å²) >= 11 is 1.20. The fraction of sp³-hybridized carbons (Fsp3) is 0.158. The van der Waals surface area contributed by atoms with Crippen molar-refractivity contribution in [1.29, 1.82) is 0 Å². The van der Waals surface area contributed by atoms with Crippen molar-refractivity contribution < 1.29 is 22.7 Å². The smallest absolute Gasteiger partial charge is 0.341 e. The summed E-state index contributed by atoms with van der Waals surface area (Å²) in [5.74, 6) is -1.99. The third-order valence-corrected chi connectivity index (χ3v) is 6.47. The van der Waals surface area contributed by atoms with Crippen LogP contribution in [0.5, 0.6) is 0 Å². The highest BCUT2D eigenvalue weighted by atomic mass is 32.2. The SMILES string of the molecule is CCOC(=O)c1c(NC(=O)CS(=O)(=O)c2ccccc2)sc2ccccc12. The Balaban J connectivity index is 1.89. The van der Waals surface area contributed by atoms with Crippen LogP contribution in [-0.2, 0) is 19.4 Å². The zero-order valence-corrected chi connectivity index (χ0v) is 16.1. The van der Waals surface area contributed by atoms with Gasteiger partial charge in [-0.25, -0.2) is 13.2 Å². The van der Waals surface area contributed by atoms with Crippen LogP contribution in [0.4, 0.5) is 5.00 Å². The van der Waals surface area contributed by atoms with Crippen LogP contribution in [0.25, 0.3) is 10.1 Å². The zero-order valence-electron chi connectivity index (χ0n) is 14.5. The molecule has 3 aromatic rings. The van der Waals surface area contributed by atoms with E-state index in [1.807, 2.05) is 12.1 Å². The largest absolute Gasteiger partial charge is 0.462 e. The number of fused-ring (bicyclic) bond motifs is 1. The molecule has 140 valence electrons. The quantitative estimate of drug-likeness (QED) is 0.637. The minimum absolute atomic E-state index is 0.0714. The van der Waals surface area contributed by atoms with Gasteiger partial charge in [-0.2, -0.15) is 0 Å². The van der Waals surface area contributed by atoms with E-state index in [0.717, 1.165) is 4.70 Å². The molecule has 0 saturated carbocycles. The van der Waals surface area contributed by atoms with Crippen molar-refractivity contribution in [1.82, 2.24) is 0 Å². The van der Waals surface area contributed by atoms with Crippen LogP contribution >= 0.6 is 11.3 Å². The van der Waals surface area contributed by atoms with Gasteiger partial charge in [0.15, 0.2) is 9.84 Å². The van der Waals surface area contributed by atoms with E-state index in [0.29, 0.717) is 5.39 Å². The van der Waals surface area contributed by atoms with Gasteiger partial charge < -0.3 is 10.1 Å². The van der Waals surface area contributed by atoms with Crippen molar-refractivity contribution in [2.24, 2.45) is 0 Å². The molecule has 0 fully saturated rings. The van der Waals surface area contributed by atoms with Gasteiger partial charge in [-0.05, 0) is 25.1 Å². The van der Waals surface area contributed by atoms with E-state index in [-0.39, 0.29) is 22.1 Å². The van der Waals surface area contributed by atoms with Crippen LogP contribution in [0.15, 0.2) is 59.5 Å². The van der Waals surface area contributed by atoms with E-state index in [1.54, 1.807) is 37.3 Å². The molecule has 1 amide bonds. The number of hydrogen-bond donors (Lipinski definition) is 1. The Morgan fingerprint density at radius 1 is 1.04 bits per heavy atom. The number of sulfone groups is 1. The number of carbonyl (C=O) groups is 2. The second-order valence-electron chi connectivity index (χ2n) is 5.64. The van der Waals surface area contributed by atoms with Crippen LogP contribution in [0.1, 0.15) is 17.3 Å². The maximum absolute atomic E-state index is 12.4. The van der Waals surface area contributed by atoms with Gasteiger partial charge in [-0.1, -0.05) is 36.4 Å². The van der Waals surface area contributed by atoms with Gasteiger partial charge >= 0.3 is 5.97 Å². The molecule has 0 bridgehead atoms. The fourth-order valence-electron chi connectivity index (χ4n) is 2.59. The molecule has 0 aliphatic heterocycles. The summed E-state index contributed by atoms with van der Waals surface area (Å²) in [4.78, 5) is 24.8. The zero-order chi connectivity index (χ0) is 19.4. The van der Waals surface area contributed by atoms with Gasteiger partial charge in [-0.3, -0.25) is 4.79 Å². The maximum Gasteiger partial charge on any atom is 0.341 e. The lowest BCUT2D eigenvalue weighted by Crippen LogP contribution is -2.23. The summed E-state index contributed by atoms with van der Waals surface area (Å²) in [7, 11) is -3.78. The molecule has 3 rings (SSSR count). The Morgan fingerprint density at radius 2 is 1.70 bits per heavy atom. The van der Waals surface area contributed by atoms with Crippen molar-refractivity contribution >= 4 is 48.1 Å².